The van der Waals surface area contributed by atoms with Crippen molar-refractivity contribution in [3.8, 4) is 0 Å². The molecule has 2 amide bonds. The molecule has 2 aromatic heterocycles. The van der Waals surface area contributed by atoms with Crippen molar-refractivity contribution in [3.63, 3.8) is 0 Å². The van der Waals surface area contributed by atoms with Gasteiger partial charge in [-0.2, -0.15) is 5.10 Å². The molecule has 1 aromatic carbocycles. The summed E-state index contributed by atoms with van der Waals surface area (Å²) in [5.74, 6) is -0.417. The van der Waals surface area contributed by atoms with Gasteiger partial charge >= 0.3 is 11.8 Å². The van der Waals surface area contributed by atoms with Gasteiger partial charge in [0.15, 0.2) is 0 Å². The van der Waals surface area contributed by atoms with Crippen LogP contribution in [0.5, 0.6) is 0 Å². The van der Waals surface area contributed by atoms with Crippen LogP contribution in [-0.4, -0.2) is 62.1 Å². The predicted molar refractivity (Wildman–Crippen MR) is 154 cm³/mol. The molecule has 0 aliphatic carbocycles. The number of hydrogen-bond acceptors (Lipinski definition) is 6. The van der Waals surface area contributed by atoms with Gasteiger partial charge in [0.25, 0.3) is 0 Å². The first kappa shape index (κ1) is 27.1. The molecule has 2 aliphatic rings. The first-order valence-electron chi connectivity index (χ1n) is 14.1. The zero-order valence-electron chi connectivity index (χ0n) is 23.8. The molecule has 0 bridgehead atoms. The van der Waals surface area contributed by atoms with Crippen molar-refractivity contribution in [2.24, 2.45) is 5.92 Å². The van der Waals surface area contributed by atoms with Crippen LogP contribution in [0, 0.1) is 5.92 Å². The molecule has 9 nitrogen and oxygen atoms in total. The summed E-state index contributed by atoms with van der Waals surface area (Å²) >= 11 is 0. The number of likely N-dealkylation sites (tertiary alicyclic amines) is 2. The molecule has 2 saturated heterocycles. The molecule has 5 rings (SSSR count). The summed E-state index contributed by atoms with van der Waals surface area (Å²) < 4.78 is 2.13. The number of aryl methyl sites for hydroxylation is 1. The number of aromatic nitrogens is 3. The molecular formula is C30H41N7O2. The monoisotopic (exact) mass is 531 g/mol. The van der Waals surface area contributed by atoms with Crippen molar-refractivity contribution in [2.45, 2.75) is 77.4 Å². The highest BCUT2D eigenvalue weighted by molar-refractivity contribution is 6.39. The molecule has 4 heterocycles. The van der Waals surface area contributed by atoms with Crippen molar-refractivity contribution in [2.75, 3.05) is 31.2 Å². The van der Waals surface area contributed by atoms with E-state index in [1.165, 1.54) is 6.20 Å². The van der Waals surface area contributed by atoms with Gasteiger partial charge in [-0.15, -0.1) is 0 Å². The Hall–Kier alpha value is -3.46. The average Bonchev–Trinajstić information content (AvgIpc) is 3.34. The molecule has 0 unspecified atom stereocenters. The molecule has 3 atom stereocenters. The minimum atomic E-state index is -0.651. The molecule has 3 N–H and O–H groups in total. The number of rotatable bonds is 4. The Morgan fingerprint density at radius 2 is 1.97 bits per heavy atom. The molecule has 2 aliphatic heterocycles. The number of nitrogens with zero attached hydrogens (tertiary/aromatic N) is 5. The van der Waals surface area contributed by atoms with Crippen molar-refractivity contribution in [3.05, 3.63) is 47.8 Å². The fourth-order valence-corrected chi connectivity index (χ4v) is 6.07. The molecule has 9 heteroatoms. The normalized spacial score (nSPS) is 23.6. The van der Waals surface area contributed by atoms with Crippen LogP contribution in [0.4, 0.5) is 11.5 Å². The summed E-state index contributed by atoms with van der Waals surface area (Å²) in [5.41, 5.74) is 9.34. The van der Waals surface area contributed by atoms with Crippen molar-refractivity contribution < 1.29 is 9.59 Å². The number of amides is 2. The first-order valence-corrected chi connectivity index (χ1v) is 14.1. The minimum Gasteiger partial charge on any atom is -0.383 e. The molecule has 0 radical (unpaired) electrons. The van der Waals surface area contributed by atoms with Crippen LogP contribution >= 0.6 is 0 Å². The van der Waals surface area contributed by atoms with E-state index in [2.05, 4.69) is 66.0 Å². The largest absolute Gasteiger partial charge is 0.383 e. The summed E-state index contributed by atoms with van der Waals surface area (Å²) in [5, 5.41) is 8.72. The number of carbonyl (C=O) groups excluding carboxylic acids is 2. The van der Waals surface area contributed by atoms with E-state index in [1.807, 2.05) is 13.0 Å². The quantitative estimate of drug-likeness (QED) is 0.478. The third-order valence-corrected chi connectivity index (χ3v) is 8.78. The molecular weight excluding hydrogens is 490 g/mol. The van der Waals surface area contributed by atoms with Gasteiger partial charge in [0.1, 0.15) is 5.82 Å². The Bertz CT molecular complexity index is 1380. The highest BCUT2D eigenvalue weighted by atomic mass is 16.2. The van der Waals surface area contributed by atoms with Gasteiger partial charge in [-0.05, 0) is 88.2 Å². The smallest absolute Gasteiger partial charge is 0.313 e. The standard InChI is InChI=1S/C30H41N7O2/c1-6-20-14-23(16-32-27(20)31)33-28(38)29(39)36-17-19(2)7-10-26(36)21-8-9-25-22(13-21)18-37(34-25)24-11-12-35(5)30(3,4)15-24/h8-9,13-14,16,18-19,24,26H,6-7,10-12,15,17H2,1-5H3,(H2,31,32)(H,33,38)/t19-,24-,26+/m0/s1. The van der Waals surface area contributed by atoms with Gasteiger partial charge in [-0.1, -0.05) is 19.9 Å². The van der Waals surface area contributed by atoms with Gasteiger partial charge < -0.3 is 20.9 Å². The SMILES string of the molecule is CCc1cc(NC(=O)C(=O)N2C[C@@H](C)CC[C@@H]2c2ccc3nn([C@H]4CCN(C)C(C)(C)C4)cc3c2)cnc1N. The van der Waals surface area contributed by atoms with Crippen LogP contribution in [0.15, 0.2) is 36.7 Å². The summed E-state index contributed by atoms with van der Waals surface area (Å²) in [4.78, 5) is 34.8. The lowest BCUT2D eigenvalue weighted by Gasteiger charge is -2.43. The second-order valence-corrected chi connectivity index (χ2v) is 12.0. The Labute approximate surface area is 230 Å². The van der Waals surface area contributed by atoms with E-state index in [9.17, 15) is 9.59 Å². The predicted octanol–water partition coefficient (Wildman–Crippen LogP) is 4.56. The van der Waals surface area contributed by atoms with Crippen LogP contribution in [0.1, 0.15) is 76.6 Å². The van der Waals surface area contributed by atoms with Crippen molar-refractivity contribution in [1.29, 1.82) is 0 Å². The van der Waals surface area contributed by atoms with Crippen LogP contribution < -0.4 is 11.1 Å². The number of carbonyl (C=O) groups is 2. The van der Waals surface area contributed by atoms with E-state index in [4.69, 9.17) is 10.8 Å². The molecule has 39 heavy (non-hydrogen) atoms. The van der Waals surface area contributed by atoms with Gasteiger partial charge in [0.05, 0.1) is 29.5 Å². The van der Waals surface area contributed by atoms with E-state index < -0.39 is 11.8 Å². The Morgan fingerprint density at radius 1 is 1.18 bits per heavy atom. The zero-order valence-corrected chi connectivity index (χ0v) is 23.8. The van der Waals surface area contributed by atoms with Gasteiger partial charge in [0.2, 0.25) is 0 Å². The Kier molecular flexibility index (Phi) is 7.37. The minimum absolute atomic E-state index is 0.132. The summed E-state index contributed by atoms with van der Waals surface area (Å²) in [6.45, 7) is 10.3. The fraction of sp³-hybridized carbons (Fsp3) is 0.533. The summed E-state index contributed by atoms with van der Waals surface area (Å²) in [7, 11) is 2.19. The highest BCUT2D eigenvalue weighted by Crippen LogP contribution is 2.36. The molecule has 208 valence electrons. The Morgan fingerprint density at radius 3 is 2.72 bits per heavy atom. The molecule has 0 saturated carbocycles. The number of nitrogens with two attached hydrogens (primary N) is 1. The van der Waals surface area contributed by atoms with Crippen LogP contribution in [0.3, 0.4) is 0 Å². The van der Waals surface area contributed by atoms with E-state index in [1.54, 1.807) is 11.0 Å². The molecule has 0 spiro atoms. The molecule has 2 fully saturated rings. The third kappa shape index (κ3) is 5.50. The maximum absolute atomic E-state index is 13.5. The summed E-state index contributed by atoms with van der Waals surface area (Å²) in [6, 6.07) is 8.24. The van der Waals surface area contributed by atoms with E-state index in [-0.39, 0.29) is 11.6 Å². The number of fused-ring (bicyclic) bond motifs is 1. The number of benzene rings is 1. The number of piperidine rings is 2. The number of nitrogen functional groups attached to an aromatic ring is 1. The number of hydrogen-bond donors (Lipinski definition) is 2. The van der Waals surface area contributed by atoms with Gasteiger partial charge in [-0.25, -0.2) is 4.98 Å². The zero-order chi connectivity index (χ0) is 27.9. The maximum atomic E-state index is 13.5. The number of anilines is 2. The fourth-order valence-electron chi connectivity index (χ4n) is 6.07. The molecule has 3 aromatic rings. The number of nitrogens with one attached hydrogen (secondary N) is 1. The lowest BCUT2D eigenvalue weighted by Crippen LogP contribution is -2.47. The highest BCUT2D eigenvalue weighted by Gasteiger charge is 2.35. The summed E-state index contributed by atoms with van der Waals surface area (Å²) in [6.07, 6.45) is 8.26. The topological polar surface area (TPSA) is 109 Å². The van der Waals surface area contributed by atoms with Gasteiger partial charge in [-0.3, -0.25) is 14.3 Å². The lowest BCUT2D eigenvalue weighted by molar-refractivity contribution is -0.146. The van der Waals surface area contributed by atoms with E-state index in [0.29, 0.717) is 36.4 Å². The van der Waals surface area contributed by atoms with Crippen LogP contribution in [-0.2, 0) is 16.0 Å². The van der Waals surface area contributed by atoms with Crippen LogP contribution in [0.25, 0.3) is 10.9 Å². The first-order chi connectivity index (χ1) is 18.6. The van der Waals surface area contributed by atoms with Crippen molar-refractivity contribution >= 4 is 34.2 Å². The second-order valence-electron chi connectivity index (χ2n) is 12.0. The third-order valence-electron chi connectivity index (χ3n) is 8.78. The van der Waals surface area contributed by atoms with Crippen molar-refractivity contribution in [1.82, 2.24) is 24.6 Å². The maximum Gasteiger partial charge on any atom is 0.313 e. The van der Waals surface area contributed by atoms with Crippen LogP contribution in [0.2, 0.25) is 0 Å². The lowest BCUT2D eigenvalue weighted by atomic mass is 9.87. The Balaban J connectivity index is 1.36. The van der Waals surface area contributed by atoms with E-state index >= 15 is 0 Å². The number of pyridine rings is 1. The van der Waals surface area contributed by atoms with Gasteiger partial charge in [0, 0.05) is 30.2 Å². The second kappa shape index (κ2) is 10.6. The average molecular weight is 532 g/mol. The van der Waals surface area contributed by atoms with E-state index in [0.717, 1.165) is 54.3 Å².